The van der Waals surface area contributed by atoms with Gasteiger partial charge in [-0.1, -0.05) is 48.0 Å². The van der Waals surface area contributed by atoms with Crippen molar-refractivity contribution in [2.45, 2.75) is 149 Å². The highest BCUT2D eigenvalue weighted by atomic mass is 19.1. The van der Waals surface area contributed by atoms with E-state index in [0.717, 1.165) is 32.1 Å². The highest BCUT2D eigenvalue weighted by Gasteiger charge is 2.58. The second-order valence-corrected chi connectivity index (χ2v) is 19.7. The molecular weight excluding hydrogens is 663 g/mol. The zero-order valence-corrected chi connectivity index (χ0v) is 33.9. The number of likely N-dealkylation sites (N-methyl/N-ethyl adjacent to an activating group) is 1. The minimum absolute atomic E-state index is 0.0257. The van der Waals surface area contributed by atoms with E-state index in [1.807, 2.05) is 14.1 Å². The fourth-order valence-electron chi connectivity index (χ4n) is 11.6. The number of halogens is 1. The van der Waals surface area contributed by atoms with Crippen molar-refractivity contribution in [1.29, 1.82) is 0 Å². The highest BCUT2D eigenvalue weighted by Crippen LogP contribution is 2.61. The van der Waals surface area contributed by atoms with Crippen molar-refractivity contribution < 1.29 is 33.8 Å². The summed E-state index contributed by atoms with van der Waals surface area (Å²) in [5.41, 5.74) is 0.325. The number of fused-ring (bicyclic) bond motifs is 2. The Morgan fingerprint density at radius 3 is 2.38 bits per heavy atom. The van der Waals surface area contributed by atoms with Crippen molar-refractivity contribution in [2.24, 2.45) is 58.2 Å². The smallest absolute Gasteiger partial charge is 0.240 e. The summed E-state index contributed by atoms with van der Waals surface area (Å²) in [7, 11) is 5.73. The van der Waals surface area contributed by atoms with E-state index in [0.29, 0.717) is 55.5 Å². The lowest BCUT2D eigenvalue weighted by atomic mass is 9.45. The number of hydrogen-bond acceptors (Lipinski definition) is 8. The standard InChI is InChI=1S/C41H73FN4O6/c1-23-31-17-27(41(31,6)7)18-33(23)44-39(50)36-35(24(2)48)34(22-47)52-46(36)20-26-12-11-13-29(37(26)51-10)25-14-15-32(42)30(16-25)38(49)43-28(21-45(8)9)19-40(3,4)5/h23-37,47-48H,11-22H2,1-10H3,(H,43,49)(H,44,50)/t23-,24-,25?,26?,27?,28-,29?,30?,31-,32?,33-,34-,35+,36-,37?/m0/s1. The number of hydrogen-bond donors (Lipinski definition) is 4. The van der Waals surface area contributed by atoms with Gasteiger partial charge in [0.2, 0.25) is 11.8 Å². The molecule has 6 rings (SSSR count). The molecule has 1 aliphatic heterocycles. The first kappa shape index (κ1) is 41.8. The summed E-state index contributed by atoms with van der Waals surface area (Å²) in [6, 6.07) is -0.729. The van der Waals surface area contributed by atoms with Crippen LogP contribution in [-0.4, -0.2) is 116 Å². The number of nitrogens with zero attached hydrogens (tertiary/aromatic N) is 2. The Morgan fingerprint density at radius 1 is 1.10 bits per heavy atom. The van der Waals surface area contributed by atoms with Crippen molar-refractivity contribution in [1.82, 2.24) is 20.6 Å². The quantitative estimate of drug-likeness (QED) is 0.213. The number of alkyl halides is 1. The summed E-state index contributed by atoms with van der Waals surface area (Å²) in [5, 5.41) is 29.6. The molecule has 5 aliphatic carbocycles. The second-order valence-electron chi connectivity index (χ2n) is 19.7. The Hall–Kier alpha value is -1.37. The van der Waals surface area contributed by atoms with Gasteiger partial charge in [-0.25, -0.2) is 4.39 Å². The second kappa shape index (κ2) is 16.8. The van der Waals surface area contributed by atoms with E-state index in [-0.39, 0.29) is 59.8 Å². The van der Waals surface area contributed by atoms with E-state index in [1.165, 1.54) is 6.42 Å². The van der Waals surface area contributed by atoms with Crippen LogP contribution in [0.15, 0.2) is 0 Å². The Labute approximate surface area is 313 Å². The molecule has 1 saturated heterocycles. The molecule has 1 heterocycles. The number of nitrogens with one attached hydrogen (secondary N) is 2. The number of carbonyl (C=O) groups excluding carboxylic acids is 2. The molecule has 2 amide bonds. The SMILES string of the molecule is COC1C(CN2O[C@@H](CO)[C@@H]([C@H](C)O)[C@H]2C(=O)N[C@H]2CC3C[C@@H]([C@@H]2C)C3(C)C)CCCC1C1CCC(F)C(C(=O)N[C@H](CN(C)C)CC(C)(C)C)C1. The van der Waals surface area contributed by atoms with Crippen molar-refractivity contribution >= 4 is 11.8 Å². The fourth-order valence-corrected chi connectivity index (χ4v) is 11.6. The Kier molecular flexibility index (Phi) is 13.5. The number of amides is 2. The third kappa shape index (κ3) is 9.01. The zero-order chi connectivity index (χ0) is 38.3. The van der Waals surface area contributed by atoms with E-state index >= 15 is 4.39 Å². The van der Waals surface area contributed by atoms with Crippen molar-refractivity contribution in [2.75, 3.05) is 40.9 Å². The lowest BCUT2D eigenvalue weighted by Crippen LogP contribution is -2.62. The van der Waals surface area contributed by atoms with Crippen LogP contribution in [0.25, 0.3) is 0 Å². The lowest BCUT2D eigenvalue weighted by Gasteiger charge is -2.62. The third-order valence-corrected chi connectivity index (χ3v) is 14.3. The molecule has 15 atom stereocenters. The molecule has 0 spiro atoms. The fraction of sp³-hybridized carbons (Fsp3) is 0.951. The molecule has 0 aromatic rings. The van der Waals surface area contributed by atoms with E-state index in [2.05, 4.69) is 57.1 Å². The highest BCUT2D eigenvalue weighted by molar-refractivity contribution is 5.83. The van der Waals surface area contributed by atoms with Crippen LogP contribution in [0.2, 0.25) is 0 Å². The molecule has 0 aromatic carbocycles. The average Bonchev–Trinajstić information content (AvgIpc) is 3.43. The van der Waals surface area contributed by atoms with E-state index in [1.54, 1.807) is 19.1 Å². The van der Waals surface area contributed by atoms with E-state index in [9.17, 15) is 19.8 Å². The van der Waals surface area contributed by atoms with Gasteiger partial charge in [0, 0.05) is 44.1 Å². The van der Waals surface area contributed by atoms with Gasteiger partial charge < -0.3 is 30.5 Å². The molecule has 6 fully saturated rings. The molecule has 11 heteroatoms. The minimum Gasteiger partial charge on any atom is -0.394 e. The molecule has 2 bridgehead atoms. The Balaban J connectivity index is 1.28. The number of rotatable bonds is 13. The molecule has 52 heavy (non-hydrogen) atoms. The summed E-state index contributed by atoms with van der Waals surface area (Å²) in [5.74, 6) is 0.253. The molecule has 5 saturated carbocycles. The van der Waals surface area contributed by atoms with Crippen LogP contribution in [-0.2, 0) is 19.2 Å². The van der Waals surface area contributed by atoms with Gasteiger partial charge in [0.25, 0.3) is 0 Å². The van der Waals surface area contributed by atoms with Crippen LogP contribution >= 0.6 is 0 Å². The maximum atomic E-state index is 15.6. The van der Waals surface area contributed by atoms with Gasteiger partial charge in [0.1, 0.15) is 18.3 Å². The number of ether oxygens (including phenoxy) is 1. The summed E-state index contributed by atoms with van der Waals surface area (Å²) >= 11 is 0. The van der Waals surface area contributed by atoms with Crippen LogP contribution in [0.3, 0.4) is 0 Å². The van der Waals surface area contributed by atoms with Crippen molar-refractivity contribution in [3.05, 3.63) is 0 Å². The van der Waals surface area contributed by atoms with Gasteiger partial charge >= 0.3 is 0 Å². The van der Waals surface area contributed by atoms with Gasteiger partial charge in [-0.05, 0) is 113 Å². The number of aliphatic hydroxyl groups is 2. The summed E-state index contributed by atoms with van der Waals surface area (Å²) in [6.45, 7) is 15.9. The Morgan fingerprint density at radius 2 is 1.81 bits per heavy atom. The van der Waals surface area contributed by atoms with Crippen LogP contribution in [0.5, 0.6) is 0 Å². The summed E-state index contributed by atoms with van der Waals surface area (Å²) in [6.07, 6.45) is 4.47. The van der Waals surface area contributed by atoms with E-state index < -0.39 is 36.3 Å². The molecule has 6 aliphatic rings. The first-order chi connectivity index (χ1) is 24.4. The number of hydroxylamine groups is 2. The van der Waals surface area contributed by atoms with E-state index in [4.69, 9.17) is 9.57 Å². The number of carbonyl (C=O) groups is 2. The Bertz CT molecular complexity index is 1210. The van der Waals surface area contributed by atoms with Crippen molar-refractivity contribution in [3.8, 4) is 0 Å². The van der Waals surface area contributed by atoms with Crippen LogP contribution < -0.4 is 10.6 Å². The topological polar surface area (TPSA) is 124 Å². The van der Waals surface area contributed by atoms with Crippen LogP contribution in [0.4, 0.5) is 4.39 Å². The number of methoxy groups -OCH3 is 1. The predicted octanol–water partition coefficient (Wildman–Crippen LogP) is 4.82. The van der Waals surface area contributed by atoms with Gasteiger partial charge in [0.15, 0.2) is 0 Å². The minimum atomic E-state index is -1.17. The lowest BCUT2D eigenvalue weighted by molar-refractivity contribution is -0.193. The molecular formula is C41H73FN4O6. The van der Waals surface area contributed by atoms with Crippen LogP contribution in [0.1, 0.15) is 106 Å². The molecule has 7 unspecified atom stereocenters. The molecule has 0 aromatic heterocycles. The summed E-state index contributed by atoms with van der Waals surface area (Å²) < 4.78 is 21.8. The largest absolute Gasteiger partial charge is 0.394 e. The monoisotopic (exact) mass is 737 g/mol. The van der Waals surface area contributed by atoms with Gasteiger partial charge in [-0.15, -0.1) is 0 Å². The summed E-state index contributed by atoms with van der Waals surface area (Å²) in [4.78, 5) is 36.4. The van der Waals surface area contributed by atoms with Crippen molar-refractivity contribution in [3.63, 3.8) is 0 Å². The normalized spacial score (nSPS) is 40.5. The maximum absolute atomic E-state index is 15.6. The van der Waals surface area contributed by atoms with Crippen LogP contribution in [0, 0.1) is 58.2 Å². The third-order valence-electron chi connectivity index (χ3n) is 14.3. The number of aliphatic hydroxyl groups excluding tert-OH is 2. The van der Waals surface area contributed by atoms with Gasteiger partial charge in [0.05, 0.1) is 24.7 Å². The molecule has 0 radical (unpaired) electrons. The first-order valence-electron chi connectivity index (χ1n) is 20.5. The predicted molar refractivity (Wildman–Crippen MR) is 201 cm³/mol. The van der Waals surface area contributed by atoms with Gasteiger partial charge in [-0.2, -0.15) is 5.06 Å². The first-order valence-corrected chi connectivity index (χ1v) is 20.5. The molecule has 10 nitrogen and oxygen atoms in total. The average molecular weight is 737 g/mol. The molecule has 300 valence electrons. The maximum Gasteiger partial charge on any atom is 0.240 e. The zero-order valence-electron chi connectivity index (χ0n) is 33.9. The van der Waals surface area contributed by atoms with Gasteiger partial charge in [-0.3, -0.25) is 14.4 Å². The molecule has 4 N–H and O–H groups in total.